The zero-order valence-electron chi connectivity index (χ0n) is 14.8. The van der Waals surface area contributed by atoms with Gasteiger partial charge in [0.05, 0.1) is 0 Å². The fourth-order valence-corrected chi connectivity index (χ4v) is 4.85. The van der Waals surface area contributed by atoms with Gasteiger partial charge in [0.25, 0.3) is 0 Å². The molecule has 0 aliphatic heterocycles. The zero-order chi connectivity index (χ0) is 16.0. The van der Waals surface area contributed by atoms with Gasteiger partial charge in [-0.3, -0.25) is 0 Å². The largest absolute Gasteiger partial charge is 0.652 e. The van der Waals surface area contributed by atoms with E-state index in [-0.39, 0.29) is 10.8 Å². The lowest BCUT2D eigenvalue weighted by atomic mass is 9.75. The van der Waals surface area contributed by atoms with Crippen LogP contribution in [0.1, 0.15) is 62.3 Å². The van der Waals surface area contributed by atoms with Gasteiger partial charge >= 0.3 is 8.97 Å². The molecule has 0 saturated carbocycles. The molecule has 5 heteroatoms. The molecule has 0 saturated heterocycles. The average Bonchev–Trinajstić information content (AvgIpc) is 2.24. The Balaban J connectivity index is 5.79. The summed E-state index contributed by atoms with van der Waals surface area (Å²) in [7, 11) is -2.99. The lowest BCUT2D eigenvalue weighted by Crippen LogP contribution is -2.48. The van der Waals surface area contributed by atoms with E-state index in [0.29, 0.717) is 19.8 Å². The van der Waals surface area contributed by atoms with Crippen LogP contribution in [0.4, 0.5) is 0 Å². The van der Waals surface area contributed by atoms with E-state index in [1.807, 2.05) is 20.8 Å². The van der Waals surface area contributed by atoms with E-state index in [1.165, 1.54) is 0 Å². The smallest absolute Gasteiger partial charge is 0.356 e. The molecular formula is C15H33NO3Si. The van der Waals surface area contributed by atoms with Crippen molar-refractivity contribution in [1.82, 2.24) is 0 Å². The van der Waals surface area contributed by atoms with Gasteiger partial charge < -0.3 is 13.3 Å². The molecule has 0 aliphatic carbocycles. The average molecular weight is 304 g/mol. The molecule has 0 heterocycles. The van der Waals surface area contributed by atoms with Gasteiger partial charge in [0, 0.05) is 25.5 Å². The second kappa shape index (κ2) is 7.68. The van der Waals surface area contributed by atoms with Gasteiger partial charge in [0.1, 0.15) is 0 Å². The first kappa shape index (κ1) is 19.8. The summed E-state index contributed by atoms with van der Waals surface area (Å²) in [6.07, 6.45) is 0. The van der Waals surface area contributed by atoms with E-state index in [4.69, 9.17) is 17.9 Å². The summed E-state index contributed by atoms with van der Waals surface area (Å²) < 4.78 is 22.4. The summed E-state index contributed by atoms with van der Waals surface area (Å²) in [5, 5.41) is 0. The molecule has 0 aromatic carbocycles. The Hall–Kier alpha value is -0.233. The predicted molar refractivity (Wildman–Crippen MR) is 87.0 cm³/mol. The third kappa shape index (κ3) is 6.04. The van der Waals surface area contributed by atoms with E-state index < -0.39 is 8.97 Å². The summed E-state index contributed by atoms with van der Waals surface area (Å²) in [5.41, 5.74) is 0.968. The van der Waals surface area contributed by atoms with Gasteiger partial charge in [0.2, 0.25) is 0 Å². The van der Waals surface area contributed by atoms with Crippen LogP contribution in [0.15, 0.2) is 4.66 Å². The molecule has 120 valence electrons. The first-order chi connectivity index (χ1) is 9.02. The van der Waals surface area contributed by atoms with E-state index in [1.54, 1.807) is 0 Å². The van der Waals surface area contributed by atoms with Crippen molar-refractivity contribution in [3.8, 4) is 0 Å². The van der Waals surface area contributed by atoms with Gasteiger partial charge in [-0.25, -0.2) is 4.66 Å². The maximum atomic E-state index is 5.84. The van der Waals surface area contributed by atoms with Crippen molar-refractivity contribution < 1.29 is 13.3 Å². The minimum Gasteiger partial charge on any atom is -0.356 e. The number of hydrogen-bond donors (Lipinski definition) is 0. The van der Waals surface area contributed by atoms with Crippen LogP contribution in [0.3, 0.4) is 0 Å². The first-order valence-electron chi connectivity index (χ1n) is 7.55. The lowest BCUT2D eigenvalue weighted by molar-refractivity contribution is 0.0724. The molecule has 0 fully saturated rings. The molecule has 20 heavy (non-hydrogen) atoms. The van der Waals surface area contributed by atoms with Crippen molar-refractivity contribution >= 4 is 14.7 Å². The van der Waals surface area contributed by atoms with E-state index >= 15 is 0 Å². The first-order valence-corrected chi connectivity index (χ1v) is 9.22. The lowest BCUT2D eigenvalue weighted by Gasteiger charge is -2.35. The highest BCUT2D eigenvalue weighted by atomic mass is 28.4. The molecule has 0 radical (unpaired) electrons. The zero-order valence-corrected chi connectivity index (χ0v) is 15.8. The fraction of sp³-hybridized carbons (Fsp3) is 0.933. The van der Waals surface area contributed by atoms with Gasteiger partial charge in [-0.1, -0.05) is 41.5 Å². The van der Waals surface area contributed by atoms with Crippen LogP contribution >= 0.6 is 0 Å². The normalized spacial score (nSPS) is 13.4. The summed E-state index contributed by atoms with van der Waals surface area (Å²) in [4.78, 5) is 0. The Bertz CT molecular complexity index is 283. The summed E-state index contributed by atoms with van der Waals surface area (Å²) in [5.74, 6) is 0. The van der Waals surface area contributed by atoms with Crippen molar-refractivity contribution in [2.24, 2.45) is 15.5 Å². The third-order valence-corrected chi connectivity index (χ3v) is 5.11. The second-order valence-electron chi connectivity index (χ2n) is 6.78. The Morgan fingerprint density at radius 3 is 1.25 bits per heavy atom. The second-order valence-corrected chi connectivity index (χ2v) is 8.92. The molecule has 0 bridgehead atoms. The molecule has 4 nitrogen and oxygen atoms in total. The predicted octanol–water partition coefficient (Wildman–Crippen LogP) is 4.06. The van der Waals surface area contributed by atoms with Crippen LogP contribution in [0, 0.1) is 10.8 Å². The van der Waals surface area contributed by atoms with Gasteiger partial charge in [-0.2, -0.15) is 0 Å². The highest BCUT2D eigenvalue weighted by molar-refractivity contribution is 6.60. The number of hydrogen-bond acceptors (Lipinski definition) is 4. The van der Waals surface area contributed by atoms with E-state index in [0.717, 1.165) is 5.71 Å². The molecular weight excluding hydrogens is 270 g/mol. The fourth-order valence-electron chi connectivity index (χ4n) is 2.37. The number of rotatable bonds is 7. The van der Waals surface area contributed by atoms with Crippen molar-refractivity contribution in [3.63, 3.8) is 0 Å². The molecule has 0 aliphatic rings. The Morgan fingerprint density at radius 2 is 1.05 bits per heavy atom. The molecule has 0 spiro atoms. The van der Waals surface area contributed by atoms with Crippen LogP contribution in [0.2, 0.25) is 0 Å². The molecule has 0 atom stereocenters. The summed E-state index contributed by atoms with van der Waals surface area (Å²) in [6, 6.07) is 0. The van der Waals surface area contributed by atoms with Crippen LogP contribution < -0.4 is 0 Å². The van der Waals surface area contributed by atoms with Gasteiger partial charge in [-0.15, -0.1) is 0 Å². The summed E-state index contributed by atoms with van der Waals surface area (Å²) >= 11 is 0. The van der Waals surface area contributed by atoms with Gasteiger partial charge in [0.15, 0.2) is 0 Å². The maximum absolute atomic E-state index is 5.84. The Morgan fingerprint density at radius 1 is 0.750 bits per heavy atom. The monoisotopic (exact) mass is 303 g/mol. The molecule has 0 rings (SSSR count). The molecule has 0 aromatic rings. The SMILES string of the molecule is CCO[Si](N=C(C(C)(C)C)C(C)(C)C)(OCC)OCC. The Kier molecular flexibility index (Phi) is 7.59. The van der Waals surface area contributed by atoms with E-state index in [9.17, 15) is 0 Å². The van der Waals surface area contributed by atoms with Crippen molar-refractivity contribution in [3.05, 3.63) is 0 Å². The Labute approximate surface area is 126 Å². The highest BCUT2D eigenvalue weighted by Crippen LogP contribution is 2.32. The van der Waals surface area contributed by atoms with Crippen LogP contribution in [0.25, 0.3) is 0 Å². The standard InChI is InChI=1S/C15H33NO3Si/c1-10-17-20(18-11-2,19-12-3)16-13(14(4,5)6)15(7,8)9/h10-12H2,1-9H3. The minimum absolute atomic E-state index is 0.0538. The molecule has 0 aromatic heterocycles. The van der Waals surface area contributed by atoms with Crippen LogP contribution in [0.5, 0.6) is 0 Å². The van der Waals surface area contributed by atoms with Gasteiger partial charge in [-0.05, 0) is 31.6 Å². The topological polar surface area (TPSA) is 40.0 Å². The van der Waals surface area contributed by atoms with Crippen molar-refractivity contribution in [1.29, 1.82) is 0 Å². The van der Waals surface area contributed by atoms with Crippen molar-refractivity contribution in [2.45, 2.75) is 62.3 Å². The molecule has 0 unspecified atom stereocenters. The third-order valence-electron chi connectivity index (χ3n) is 2.65. The van der Waals surface area contributed by atoms with Crippen LogP contribution in [-0.4, -0.2) is 34.5 Å². The quantitative estimate of drug-likeness (QED) is 0.526. The summed E-state index contributed by atoms with van der Waals surface area (Å²) in [6.45, 7) is 20.5. The molecule has 0 amide bonds. The maximum Gasteiger partial charge on any atom is 0.652 e. The number of nitrogens with zero attached hydrogens (tertiary/aromatic N) is 1. The van der Waals surface area contributed by atoms with Crippen molar-refractivity contribution in [2.75, 3.05) is 19.8 Å². The molecule has 0 N–H and O–H groups in total. The highest BCUT2D eigenvalue weighted by Gasteiger charge is 2.45. The van der Waals surface area contributed by atoms with Crippen LogP contribution in [-0.2, 0) is 13.3 Å². The minimum atomic E-state index is -2.99. The van der Waals surface area contributed by atoms with E-state index in [2.05, 4.69) is 41.5 Å².